The molecule has 2 amide bonds. The molecule has 0 aliphatic rings. The number of aromatic amines is 1. The number of carbonyl (C=O) groups is 2. The van der Waals surface area contributed by atoms with Gasteiger partial charge in [0.25, 0.3) is 11.2 Å². The van der Waals surface area contributed by atoms with Gasteiger partial charge < -0.3 is 25.8 Å². The Balaban J connectivity index is 1.84. The minimum absolute atomic E-state index is 0.122. The third kappa shape index (κ3) is 4.64. The Morgan fingerprint density at radius 3 is 2.52 bits per heavy atom. The summed E-state index contributed by atoms with van der Waals surface area (Å²) in [6.45, 7) is -0.122. The van der Waals surface area contributed by atoms with Gasteiger partial charge in [-0.3, -0.25) is 14.9 Å². The van der Waals surface area contributed by atoms with Crippen molar-refractivity contribution >= 4 is 23.4 Å². The molecule has 12 nitrogen and oxygen atoms in total. The lowest BCUT2D eigenvalue weighted by Crippen LogP contribution is -2.28. The Morgan fingerprint density at radius 1 is 1.13 bits per heavy atom. The number of carboxylic acid groups (broad SMARTS) is 1. The van der Waals surface area contributed by atoms with Crippen molar-refractivity contribution < 1.29 is 24.7 Å². The van der Waals surface area contributed by atoms with Gasteiger partial charge in [0, 0.05) is 17.2 Å². The smallest absolute Gasteiger partial charge is 0.358 e. The standard InChI is InChI=1S/C19H15N5O7/c25-15-14(18(27)28)22-16(23-17(15)26)11-6-2-3-7-12(11)21-19(29)20-9-10-5-1-4-8-13(10)24(30)31/h1-8,25H,9H2,(H,27,28)(H2,20,21,29)(H,22,23,26). The molecule has 0 unspecified atom stereocenters. The predicted molar refractivity (Wildman–Crippen MR) is 108 cm³/mol. The van der Waals surface area contributed by atoms with Crippen LogP contribution in [0, 0.1) is 10.1 Å². The van der Waals surface area contributed by atoms with E-state index in [1.165, 1.54) is 30.3 Å². The van der Waals surface area contributed by atoms with E-state index in [2.05, 4.69) is 20.6 Å². The minimum atomic E-state index is -1.60. The number of aromatic hydroxyl groups is 1. The topological polar surface area (TPSA) is 188 Å². The SMILES string of the molecule is O=C(NCc1ccccc1[N+](=O)[O-])Nc1ccccc1-c1nc(C(=O)O)c(O)c(=O)[nH]1. The van der Waals surface area contributed by atoms with Crippen molar-refractivity contribution in [2.24, 2.45) is 0 Å². The van der Waals surface area contributed by atoms with Gasteiger partial charge >= 0.3 is 12.0 Å². The van der Waals surface area contributed by atoms with E-state index < -0.39 is 33.9 Å². The first kappa shape index (κ1) is 21.0. The van der Waals surface area contributed by atoms with Crippen LogP contribution in [0.3, 0.4) is 0 Å². The first-order valence-corrected chi connectivity index (χ1v) is 8.71. The Labute approximate surface area is 173 Å². The molecular weight excluding hydrogens is 410 g/mol. The number of carbonyl (C=O) groups excluding carboxylic acids is 1. The number of para-hydroxylation sites is 2. The number of aromatic nitrogens is 2. The molecule has 0 fully saturated rings. The maximum absolute atomic E-state index is 12.3. The number of hydrogen-bond donors (Lipinski definition) is 5. The molecule has 2 aromatic carbocycles. The molecule has 0 bridgehead atoms. The quantitative estimate of drug-likeness (QED) is 0.293. The first-order valence-electron chi connectivity index (χ1n) is 8.71. The highest BCUT2D eigenvalue weighted by Crippen LogP contribution is 2.25. The van der Waals surface area contributed by atoms with E-state index in [0.29, 0.717) is 5.56 Å². The maximum atomic E-state index is 12.3. The third-order valence-corrected chi connectivity index (χ3v) is 4.16. The van der Waals surface area contributed by atoms with Crippen LogP contribution in [0.25, 0.3) is 11.4 Å². The third-order valence-electron chi connectivity index (χ3n) is 4.16. The summed E-state index contributed by atoms with van der Waals surface area (Å²) in [5.74, 6) is -2.82. The number of amides is 2. The van der Waals surface area contributed by atoms with E-state index in [4.69, 9.17) is 5.11 Å². The van der Waals surface area contributed by atoms with Crippen molar-refractivity contribution in [3.8, 4) is 17.1 Å². The number of hydrogen-bond acceptors (Lipinski definition) is 7. The lowest BCUT2D eigenvalue weighted by molar-refractivity contribution is -0.385. The molecule has 0 atom stereocenters. The summed E-state index contributed by atoms with van der Waals surface area (Å²) < 4.78 is 0. The maximum Gasteiger partial charge on any atom is 0.358 e. The van der Waals surface area contributed by atoms with Gasteiger partial charge in [-0.1, -0.05) is 30.3 Å². The molecule has 0 spiro atoms. The van der Waals surface area contributed by atoms with E-state index in [1.54, 1.807) is 18.2 Å². The highest BCUT2D eigenvalue weighted by Gasteiger charge is 2.19. The van der Waals surface area contributed by atoms with Crippen LogP contribution in [0.1, 0.15) is 16.1 Å². The molecule has 0 saturated heterocycles. The van der Waals surface area contributed by atoms with Gasteiger partial charge in [0.05, 0.1) is 17.2 Å². The van der Waals surface area contributed by atoms with E-state index in [1.807, 2.05) is 0 Å². The van der Waals surface area contributed by atoms with Gasteiger partial charge in [0.15, 0.2) is 5.69 Å². The zero-order valence-electron chi connectivity index (χ0n) is 15.7. The number of nitro benzene ring substituents is 1. The molecule has 0 aliphatic heterocycles. The number of urea groups is 1. The monoisotopic (exact) mass is 425 g/mol. The summed E-state index contributed by atoms with van der Waals surface area (Å²) in [7, 11) is 0. The summed E-state index contributed by atoms with van der Waals surface area (Å²) in [4.78, 5) is 51.9. The summed E-state index contributed by atoms with van der Waals surface area (Å²) >= 11 is 0. The summed E-state index contributed by atoms with van der Waals surface area (Å²) in [6, 6.07) is 11.3. The molecule has 12 heteroatoms. The molecule has 0 saturated carbocycles. The first-order chi connectivity index (χ1) is 14.8. The second-order valence-corrected chi connectivity index (χ2v) is 6.16. The van der Waals surface area contributed by atoms with Crippen LogP contribution >= 0.6 is 0 Å². The molecular formula is C19H15N5O7. The van der Waals surface area contributed by atoms with Crippen molar-refractivity contribution in [1.29, 1.82) is 0 Å². The molecule has 1 heterocycles. The fourth-order valence-corrected chi connectivity index (χ4v) is 2.72. The second kappa shape index (κ2) is 8.73. The number of benzene rings is 2. The van der Waals surface area contributed by atoms with Crippen LogP contribution in [-0.4, -0.2) is 37.1 Å². The van der Waals surface area contributed by atoms with Crippen molar-refractivity contribution in [3.05, 3.63) is 80.3 Å². The minimum Gasteiger partial charge on any atom is -0.501 e. The van der Waals surface area contributed by atoms with Crippen molar-refractivity contribution in [1.82, 2.24) is 15.3 Å². The molecule has 3 rings (SSSR count). The van der Waals surface area contributed by atoms with E-state index >= 15 is 0 Å². The van der Waals surface area contributed by atoms with Crippen LogP contribution in [0.4, 0.5) is 16.2 Å². The van der Waals surface area contributed by atoms with Crippen LogP contribution in [0.15, 0.2) is 53.3 Å². The number of aromatic carboxylic acids is 1. The fourth-order valence-electron chi connectivity index (χ4n) is 2.72. The van der Waals surface area contributed by atoms with Crippen LogP contribution in [0.5, 0.6) is 5.75 Å². The summed E-state index contributed by atoms with van der Waals surface area (Å²) in [6.07, 6.45) is 0. The van der Waals surface area contributed by atoms with Crippen LogP contribution < -0.4 is 16.2 Å². The molecule has 158 valence electrons. The Morgan fingerprint density at radius 2 is 1.81 bits per heavy atom. The van der Waals surface area contributed by atoms with Gasteiger partial charge in [-0.2, -0.15) is 0 Å². The van der Waals surface area contributed by atoms with Gasteiger partial charge in [-0.05, 0) is 12.1 Å². The fraction of sp³-hybridized carbons (Fsp3) is 0.0526. The Hall–Kier alpha value is -4.74. The summed E-state index contributed by atoms with van der Waals surface area (Å²) in [5, 5.41) is 34.8. The number of rotatable bonds is 6. The van der Waals surface area contributed by atoms with E-state index in [-0.39, 0.29) is 29.3 Å². The molecule has 0 radical (unpaired) electrons. The van der Waals surface area contributed by atoms with Gasteiger partial charge in [-0.25, -0.2) is 14.6 Å². The zero-order valence-corrected chi connectivity index (χ0v) is 15.7. The average Bonchev–Trinajstić information content (AvgIpc) is 2.74. The molecule has 31 heavy (non-hydrogen) atoms. The second-order valence-electron chi connectivity index (χ2n) is 6.16. The number of nitrogens with one attached hydrogen (secondary N) is 3. The molecule has 1 aromatic heterocycles. The Bertz CT molecular complexity index is 1240. The summed E-state index contributed by atoms with van der Waals surface area (Å²) in [5.41, 5.74) is -1.38. The number of carboxylic acids is 1. The largest absolute Gasteiger partial charge is 0.501 e. The van der Waals surface area contributed by atoms with E-state index in [0.717, 1.165) is 0 Å². The molecule has 3 aromatic rings. The van der Waals surface area contributed by atoms with Crippen molar-refractivity contribution in [3.63, 3.8) is 0 Å². The zero-order chi connectivity index (χ0) is 22.5. The number of nitrogens with zero attached hydrogens (tertiary/aromatic N) is 2. The van der Waals surface area contributed by atoms with Crippen LogP contribution in [0.2, 0.25) is 0 Å². The Kier molecular flexibility index (Phi) is 5.91. The normalized spacial score (nSPS) is 10.3. The highest BCUT2D eigenvalue weighted by molar-refractivity contribution is 5.94. The van der Waals surface area contributed by atoms with Gasteiger partial charge in [0.2, 0.25) is 5.75 Å². The average molecular weight is 425 g/mol. The van der Waals surface area contributed by atoms with Gasteiger partial charge in [0.1, 0.15) is 5.82 Å². The molecule has 0 aliphatic carbocycles. The van der Waals surface area contributed by atoms with Gasteiger partial charge in [-0.15, -0.1) is 0 Å². The van der Waals surface area contributed by atoms with Crippen LogP contribution in [-0.2, 0) is 6.54 Å². The van der Waals surface area contributed by atoms with Crippen molar-refractivity contribution in [2.75, 3.05) is 5.32 Å². The number of H-pyrrole nitrogens is 1. The molecule has 5 N–H and O–H groups in total. The predicted octanol–water partition coefficient (Wildman–Crippen LogP) is 2.07. The highest BCUT2D eigenvalue weighted by atomic mass is 16.6. The number of anilines is 1. The van der Waals surface area contributed by atoms with E-state index in [9.17, 15) is 29.6 Å². The number of nitro groups is 1. The lowest BCUT2D eigenvalue weighted by Gasteiger charge is -2.12. The van der Waals surface area contributed by atoms with Crippen molar-refractivity contribution in [2.45, 2.75) is 6.54 Å². The lowest BCUT2D eigenvalue weighted by atomic mass is 10.1.